The third-order valence-corrected chi connectivity index (χ3v) is 6.08. The van der Waals surface area contributed by atoms with Gasteiger partial charge in [0, 0.05) is 5.56 Å². The largest absolute Gasteiger partial charge is 0.376 e. The summed E-state index contributed by atoms with van der Waals surface area (Å²) in [6.07, 6.45) is 0. The zero-order valence-corrected chi connectivity index (χ0v) is 14.7. The molecular formula is C19H21O4P. The Hall–Kier alpha value is -1.71. The van der Waals surface area contributed by atoms with Crippen molar-refractivity contribution in [3.05, 3.63) is 60.2 Å². The van der Waals surface area contributed by atoms with Crippen LogP contribution in [0.15, 0.2) is 54.6 Å². The third-order valence-electron chi connectivity index (χ3n) is 3.99. The maximum Gasteiger partial charge on any atom is 0.363 e. The molecule has 0 aliphatic heterocycles. The van der Waals surface area contributed by atoms with Crippen LogP contribution in [-0.4, -0.2) is 18.3 Å². The molecule has 3 rings (SSSR count). The van der Waals surface area contributed by atoms with Gasteiger partial charge in [-0.2, -0.15) is 0 Å². The van der Waals surface area contributed by atoms with Crippen LogP contribution < -0.4 is 0 Å². The summed E-state index contributed by atoms with van der Waals surface area (Å²) in [6.45, 7) is 3.88. The van der Waals surface area contributed by atoms with E-state index in [-0.39, 0.29) is 13.2 Å². The average molecular weight is 344 g/mol. The lowest BCUT2D eigenvalue weighted by molar-refractivity contribution is 0.151. The molecule has 126 valence electrons. The number of hydrogen-bond acceptors (Lipinski definition) is 4. The number of benzene rings is 3. The van der Waals surface area contributed by atoms with Gasteiger partial charge in [-0.15, -0.1) is 0 Å². The minimum atomic E-state index is -3.69. The van der Waals surface area contributed by atoms with Crippen LogP contribution in [-0.2, 0) is 13.6 Å². The lowest BCUT2D eigenvalue weighted by Crippen LogP contribution is -2.07. The predicted octanol–water partition coefficient (Wildman–Crippen LogP) is 5.25. The van der Waals surface area contributed by atoms with E-state index in [0.29, 0.717) is 5.56 Å². The van der Waals surface area contributed by atoms with Gasteiger partial charge in [0.2, 0.25) is 0 Å². The molecule has 4 nitrogen and oxygen atoms in total. The summed E-state index contributed by atoms with van der Waals surface area (Å²) in [6, 6.07) is 17.5. The van der Waals surface area contributed by atoms with Crippen LogP contribution in [0.3, 0.4) is 0 Å². The van der Waals surface area contributed by atoms with Crippen molar-refractivity contribution in [2.75, 3.05) is 13.2 Å². The highest BCUT2D eigenvalue weighted by Crippen LogP contribution is 2.61. The Morgan fingerprint density at radius 3 is 1.83 bits per heavy atom. The molecule has 0 amide bonds. The molecule has 0 saturated heterocycles. The lowest BCUT2D eigenvalue weighted by atomic mass is 9.97. The van der Waals surface area contributed by atoms with E-state index < -0.39 is 13.4 Å². The summed E-state index contributed by atoms with van der Waals surface area (Å²) >= 11 is 0. The molecule has 0 bridgehead atoms. The molecule has 0 heterocycles. The molecule has 24 heavy (non-hydrogen) atoms. The highest BCUT2D eigenvalue weighted by molar-refractivity contribution is 7.54. The summed E-state index contributed by atoms with van der Waals surface area (Å²) in [5.74, 6) is -1.34. The second-order valence-electron chi connectivity index (χ2n) is 5.48. The molecule has 1 atom stereocenters. The standard InChI is InChI=1S/C19H21O4P/c1-3-22-24(21,23-4-2)19(20)18-16-11-7-5-9-14(16)13-15-10-6-8-12-17(15)18/h5-13,19-20H,3-4H2,1-2H3. The van der Waals surface area contributed by atoms with E-state index in [1.807, 2.05) is 48.5 Å². The van der Waals surface area contributed by atoms with E-state index in [1.165, 1.54) is 0 Å². The van der Waals surface area contributed by atoms with Crippen molar-refractivity contribution in [1.82, 2.24) is 0 Å². The van der Waals surface area contributed by atoms with Crippen molar-refractivity contribution < 1.29 is 18.7 Å². The fraction of sp³-hybridized carbons (Fsp3) is 0.263. The highest BCUT2D eigenvalue weighted by Gasteiger charge is 2.37. The fourth-order valence-electron chi connectivity index (χ4n) is 3.02. The first kappa shape index (κ1) is 17.1. The summed E-state index contributed by atoms with van der Waals surface area (Å²) in [7, 11) is -3.69. The highest BCUT2D eigenvalue weighted by atomic mass is 31.2. The van der Waals surface area contributed by atoms with Crippen LogP contribution >= 0.6 is 7.60 Å². The van der Waals surface area contributed by atoms with Crippen LogP contribution in [0.4, 0.5) is 0 Å². The van der Waals surface area contributed by atoms with Crippen molar-refractivity contribution in [2.24, 2.45) is 0 Å². The Labute approximate surface area is 141 Å². The van der Waals surface area contributed by atoms with Crippen molar-refractivity contribution >= 4 is 29.1 Å². The van der Waals surface area contributed by atoms with Gasteiger partial charge in [0.05, 0.1) is 13.2 Å². The topological polar surface area (TPSA) is 55.8 Å². The number of aliphatic hydroxyl groups is 1. The van der Waals surface area contributed by atoms with E-state index in [4.69, 9.17) is 9.05 Å². The second kappa shape index (κ2) is 7.04. The second-order valence-corrected chi connectivity index (χ2v) is 7.57. The van der Waals surface area contributed by atoms with E-state index >= 15 is 0 Å². The first-order valence-electron chi connectivity index (χ1n) is 8.08. The zero-order valence-electron chi connectivity index (χ0n) is 13.8. The van der Waals surface area contributed by atoms with Gasteiger partial charge < -0.3 is 14.2 Å². The quantitative estimate of drug-likeness (QED) is 0.490. The Bertz CT molecular complexity index is 842. The van der Waals surface area contributed by atoms with Crippen LogP contribution in [0.1, 0.15) is 25.3 Å². The molecule has 0 aliphatic rings. The minimum Gasteiger partial charge on any atom is -0.376 e. The normalized spacial score (nSPS) is 13.5. The van der Waals surface area contributed by atoms with Gasteiger partial charge in [-0.25, -0.2) is 0 Å². The molecule has 3 aromatic carbocycles. The van der Waals surface area contributed by atoms with Crippen LogP contribution in [0.25, 0.3) is 21.5 Å². The first-order valence-corrected chi connectivity index (χ1v) is 9.69. The van der Waals surface area contributed by atoms with Gasteiger partial charge in [-0.3, -0.25) is 4.57 Å². The monoisotopic (exact) mass is 344 g/mol. The molecule has 0 aromatic heterocycles. The zero-order chi connectivity index (χ0) is 17.2. The fourth-order valence-corrected chi connectivity index (χ4v) is 4.69. The van der Waals surface area contributed by atoms with Gasteiger partial charge in [0.15, 0.2) is 5.85 Å². The van der Waals surface area contributed by atoms with Crippen LogP contribution in [0, 0.1) is 0 Å². The predicted molar refractivity (Wildman–Crippen MR) is 97.3 cm³/mol. The number of rotatable bonds is 6. The van der Waals surface area contributed by atoms with Crippen molar-refractivity contribution in [1.29, 1.82) is 0 Å². The molecule has 0 radical (unpaired) electrons. The maximum absolute atomic E-state index is 13.1. The average Bonchev–Trinajstić information content (AvgIpc) is 2.59. The molecule has 0 spiro atoms. The number of aliphatic hydroxyl groups excluding tert-OH is 1. The minimum absolute atomic E-state index is 0.205. The van der Waals surface area contributed by atoms with E-state index in [1.54, 1.807) is 13.8 Å². The summed E-state index contributed by atoms with van der Waals surface area (Å²) in [5.41, 5.74) is 0.592. The lowest BCUT2D eigenvalue weighted by Gasteiger charge is -2.24. The Morgan fingerprint density at radius 2 is 1.38 bits per heavy atom. The Kier molecular flexibility index (Phi) is 5.02. The van der Waals surface area contributed by atoms with Crippen LogP contribution in [0.2, 0.25) is 0 Å². The molecule has 0 fully saturated rings. The van der Waals surface area contributed by atoms with Gasteiger partial charge in [-0.05, 0) is 41.5 Å². The molecule has 3 aromatic rings. The van der Waals surface area contributed by atoms with Gasteiger partial charge in [0.1, 0.15) is 0 Å². The summed E-state index contributed by atoms with van der Waals surface area (Å²) < 4.78 is 23.8. The van der Waals surface area contributed by atoms with Gasteiger partial charge in [0.25, 0.3) is 0 Å². The first-order chi connectivity index (χ1) is 11.6. The van der Waals surface area contributed by atoms with E-state index in [0.717, 1.165) is 21.5 Å². The summed E-state index contributed by atoms with van der Waals surface area (Å²) in [5, 5.41) is 14.6. The maximum atomic E-state index is 13.1. The Balaban J connectivity index is 2.31. The molecule has 1 N–H and O–H groups in total. The van der Waals surface area contributed by atoms with Gasteiger partial charge in [-0.1, -0.05) is 48.5 Å². The van der Waals surface area contributed by atoms with Crippen LogP contribution in [0.5, 0.6) is 0 Å². The molecule has 0 aliphatic carbocycles. The molecule has 5 heteroatoms. The van der Waals surface area contributed by atoms with E-state index in [9.17, 15) is 9.67 Å². The summed E-state index contributed by atoms with van der Waals surface area (Å²) in [4.78, 5) is 0. The smallest absolute Gasteiger partial charge is 0.363 e. The molecule has 0 saturated carbocycles. The number of fused-ring (bicyclic) bond motifs is 2. The Morgan fingerprint density at radius 1 is 0.917 bits per heavy atom. The number of hydrogen-bond donors (Lipinski definition) is 1. The SMILES string of the molecule is CCOP(=O)(OCC)C(O)c1c2ccccc2cc2ccccc12. The van der Waals surface area contributed by atoms with Crippen molar-refractivity contribution in [3.63, 3.8) is 0 Å². The van der Waals surface area contributed by atoms with E-state index in [2.05, 4.69) is 6.07 Å². The molecular weight excluding hydrogens is 323 g/mol. The van der Waals surface area contributed by atoms with Crippen molar-refractivity contribution in [3.8, 4) is 0 Å². The molecule has 1 unspecified atom stereocenters. The van der Waals surface area contributed by atoms with Gasteiger partial charge >= 0.3 is 7.60 Å². The van der Waals surface area contributed by atoms with Crippen molar-refractivity contribution in [2.45, 2.75) is 19.7 Å². The third kappa shape index (κ3) is 2.99.